The van der Waals surface area contributed by atoms with Crippen molar-refractivity contribution in [3.8, 4) is 0 Å². The predicted molar refractivity (Wildman–Crippen MR) is 61.0 cm³/mol. The van der Waals surface area contributed by atoms with Crippen molar-refractivity contribution in [2.75, 3.05) is 27.9 Å². The van der Waals surface area contributed by atoms with E-state index in [1.807, 2.05) is 0 Å². The van der Waals surface area contributed by atoms with Gasteiger partial charge in [-0.25, -0.2) is 0 Å². The lowest BCUT2D eigenvalue weighted by Gasteiger charge is -2.25. The van der Waals surface area contributed by atoms with E-state index in [4.69, 9.17) is 18.0 Å². The molecule has 92 valence electrons. The maximum absolute atomic E-state index is 9.59. The first-order valence-electron chi connectivity index (χ1n) is 5.02. The Bertz CT molecular complexity index is 275. The fourth-order valence-electron chi connectivity index (χ4n) is 1.51. The molecule has 0 unspecified atom stereocenters. The van der Waals surface area contributed by atoms with Crippen LogP contribution in [0.25, 0.3) is 0 Å². The first kappa shape index (κ1) is 13.2. The number of aliphatic hydroxyl groups is 1. The Labute approximate surface area is 96.6 Å². The third kappa shape index (κ3) is 3.08. The van der Waals surface area contributed by atoms with Gasteiger partial charge in [0.05, 0.1) is 6.26 Å². The van der Waals surface area contributed by atoms with Crippen molar-refractivity contribution in [1.82, 2.24) is 0 Å². The van der Waals surface area contributed by atoms with Crippen LogP contribution in [0, 0.1) is 0 Å². The molecule has 1 N–H and O–H groups in total. The fraction of sp³-hybridized carbons (Fsp3) is 0.600. The molecule has 0 aromatic rings. The molecule has 0 aliphatic carbocycles. The molecule has 0 saturated heterocycles. The van der Waals surface area contributed by atoms with Crippen molar-refractivity contribution in [2.24, 2.45) is 0 Å². The minimum Gasteiger partial charge on any atom is -0.508 e. The van der Waals surface area contributed by atoms with E-state index in [9.17, 15) is 5.11 Å². The first-order valence-corrected chi connectivity index (χ1v) is 6.95. The van der Waals surface area contributed by atoms with E-state index in [1.165, 1.54) is 12.3 Å². The number of ether oxygens (including phenoxy) is 1. The zero-order chi connectivity index (χ0) is 12.0. The van der Waals surface area contributed by atoms with E-state index in [-0.39, 0.29) is 5.76 Å². The second-order valence-electron chi connectivity index (χ2n) is 3.40. The van der Waals surface area contributed by atoms with Crippen LogP contribution >= 0.6 is 0 Å². The molecule has 0 amide bonds. The van der Waals surface area contributed by atoms with Crippen LogP contribution in [0.5, 0.6) is 0 Å². The van der Waals surface area contributed by atoms with Crippen LogP contribution in [0.1, 0.15) is 6.42 Å². The molecule has 0 spiro atoms. The summed E-state index contributed by atoms with van der Waals surface area (Å²) in [5.74, 6) is 0.262. The minimum absolute atomic E-state index is 0.262. The lowest BCUT2D eigenvalue weighted by molar-refractivity contribution is 0.123. The molecular formula is C10H18O5Si. The molecule has 0 aromatic carbocycles. The Morgan fingerprint density at radius 1 is 1.31 bits per heavy atom. The number of hydrogen-bond acceptors (Lipinski definition) is 5. The van der Waals surface area contributed by atoms with Gasteiger partial charge in [-0.3, -0.25) is 0 Å². The second-order valence-corrected chi connectivity index (χ2v) is 6.49. The molecule has 0 bridgehead atoms. The smallest absolute Gasteiger partial charge is 0.500 e. The van der Waals surface area contributed by atoms with Gasteiger partial charge in [0.2, 0.25) is 0 Å². The summed E-state index contributed by atoms with van der Waals surface area (Å²) >= 11 is 0. The Balaban J connectivity index is 2.58. The van der Waals surface area contributed by atoms with E-state index in [1.54, 1.807) is 21.3 Å². The zero-order valence-electron chi connectivity index (χ0n) is 9.86. The third-order valence-electron chi connectivity index (χ3n) is 2.61. The molecule has 0 saturated carbocycles. The molecule has 1 heterocycles. The van der Waals surface area contributed by atoms with Crippen LogP contribution in [0.15, 0.2) is 23.7 Å². The van der Waals surface area contributed by atoms with Gasteiger partial charge in [-0.05, 0) is 6.42 Å². The second kappa shape index (κ2) is 6.05. The average Bonchev–Trinajstić information content (AvgIpc) is 2.34. The lowest BCUT2D eigenvalue weighted by Crippen LogP contribution is -2.42. The summed E-state index contributed by atoms with van der Waals surface area (Å²) in [6, 6.07) is 0.618. The highest BCUT2D eigenvalue weighted by molar-refractivity contribution is 6.60. The zero-order valence-corrected chi connectivity index (χ0v) is 10.9. The van der Waals surface area contributed by atoms with Gasteiger partial charge in [-0.2, -0.15) is 0 Å². The molecule has 0 aromatic heterocycles. The average molecular weight is 246 g/mol. The highest BCUT2D eigenvalue weighted by Gasteiger charge is 2.37. The summed E-state index contributed by atoms with van der Waals surface area (Å²) in [6.07, 6.45) is 3.65. The van der Waals surface area contributed by atoms with Crippen molar-refractivity contribution < 1.29 is 23.1 Å². The van der Waals surface area contributed by atoms with Crippen LogP contribution in [0.4, 0.5) is 0 Å². The van der Waals surface area contributed by atoms with Crippen LogP contribution in [-0.4, -0.2) is 41.8 Å². The Morgan fingerprint density at radius 3 is 2.44 bits per heavy atom. The SMILES string of the molecule is CO[Si](CCC1=C(O)C=COC1)(OC)OC. The van der Waals surface area contributed by atoms with Crippen molar-refractivity contribution >= 4 is 8.80 Å². The number of rotatable bonds is 6. The van der Waals surface area contributed by atoms with E-state index < -0.39 is 8.80 Å². The number of aliphatic hydroxyl groups excluding tert-OH is 1. The molecule has 0 atom stereocenters. The van der Waals surface area contributed by atoms with Crippen molar-refractivity contribution in [3.63, 3.8) is 0 Å². The molecule has 5 nitrogen and oxygen atoms in total. The van der Waals surface area contributed by atoms with Crippen LogP contribution in [0.2, 0.25) is 6.04 Å². The highest BCUT2D eigenvalue weighted by atomic mass is 28.4. The number of allylic oxidation sites excluding steroid dienone is 1. The minimum atomic E-state index is -2.56. The highest BCUT2D eigenvalue weighted by Crippen LogP contribution is 2.22. The van der Waals surface area contributed by atoms with Gasteiger partial charge in [-0.15, -0.1) is 0 Å². The Morgan fingerprint density at radius 2 is 1.94 bits per heavy atom. The van der Waals surface area contributed by atoms with Crippen LogP contribution in [0.3, 0.4) is 0 Å². The summed E-state index contributed by atoms with van der Waals surface area (Å²) in [7, 11) is 2.17. The molecule has 1 aliphatic rings. The molecule has 1 rings (SSSR count). The third-order valence-corrected chi connectivity index (χ3v) is 5.34. The lowest BCUT2D eigenvalue weighted by atomic mass is 10.1. The van der Waals surface area contributed by atoms with Crippen molar-refractivity contribution in [1.29, 1.82) is 0 Å². The van der Waals surface area contributed by atoms with Crippen molar-refractivity contribution in [2.45, 2.75) is 12.5 Å². The molecule has 6 heteroatoms. The standard InChI is InChI=1S/C10H18O5Si/c1-12-16(13-2,14-3)7-5-9-8-15-6-4-10(9)11/h4,6,11H,5,7-8H2,1-3H3. The molecule has 0 fully saturated rings. The number of hydrogen-bond donors (Lipinski definition) is 1. The molecule has 16 heavy (non-hydrogen) atoms. The monoisotopic (exact) mass is 246 g/mol. The van der Waals surface area contributed by atoms with E-state index in [2.05, 4.69) is 0 Å². The van der Waals surface area contributed by atoms with Gasteiger partial charge >= 0.3 is 8.80 Å². The van der Waals surface area contributed by atoms with Gasteiger partial charge in [0, 0.05) is 39.0 Å². The fourth-order valence-corrected chi connectivity index (χ4v) is 3.23. The van der Waals surface area contributed by atoms with Gasteiger partial charge in [0.1, 0.15) is 12.4 Å². The van der Waals surface area contributed by atoms with Crippen LogP contribution in [-0.2, 0) is 18.0 Å². The normalized spacial score (nSPS) is 16.4. The largest absolute Gasteiger partial charge is 0.508 e. The molecular weight excluding hydrogens is 228 g/mol. The maximum atomic E-state index is 9.59. The topological polar surface area (TPSA) is 57.2 Å². The maximum Gasteiger partial charge on any atom is 0.500 e. The molecule has 1 aliphatic heterocycles. The first-order chi connectivity index (χ1) is 7.67. The van der Waals surface area contributed by atoms with Gasteiger partial charge in [0.25, 0.3) is 0 Å². The van der Waals surface area contributed by atoms with Gasteiger partial charge in [0.15, 0.2) is 0 Å². The molecule has 0 radical (unpaired) electrons. The van der Waals surface area contributed by atoms with E-state index >= 15 is 0 Å². The summed E-state index contributed by atoms with van der Waals surface area (Å²) < 4.78 is 21.0. The van der Waals surface area contributed by atoms with E-state index in [0.29, 0.717) is 19.1 Å². The van der Waals surface area contributed by atoms with Gasteiger partial charge in [-0.1, -0.05) is 0 Å². The van der Waals surface area contributed by atoms with E-state index in [0.717, 1.165) is 5.57 Å². The Hall–Kier alpha value is -0.823. The Kier molecular flexibility index (Phi) is 5.00. The quantitative estimate of drug-likeness (QED) is 0.722. The summed E-state index contributed by atoms with van der Waals surface area (Å²) in [5, 5.41) is 9.59. The summed E-state index contributed by atoms with van der Waals surface area (Å²) in [4.78, 5) is 0. The van der Waals surface area contributed by atoms with Gasteiger partial charge < -0.3 is 23.1 Å². The van der Waals surface area contributed by atoms with Crippen molar-refractivity contribution in [3.05, 3.63) is 23.7 Å². The summed E-state index contributed by atoms with van der Waals surface area (Å²) in [5.41, 5.74) is 0.838. The summed E-state index contributed by atoms with van der Waals surface area (Å²) in [6.45, 7) is 0.407. The predicted octanol–water partition coefficient (Wildman–Crippen LogP) is 1.61. The van der Waals surface area contributed by atoms with Crippen LogP contribution < -0.4 is 0 Å².